The summed E-state index contributed by atoms with van der Waals surface area (Å²) in [5, 5.41) is 10.9. The molecule has 1 aliphatic heterocycles. The van der Waals surface area contributed by atoms with Crippen molar-refractivity contribution in [1.29, 1.82) is 0 Å². The highest BCUT2D eigenvalue weighted by molar-refractivity contribution is 5.95. The topological polar surface area (TPSA) is 63.5 Å². The maximum Gasteiger partial charge on any atom is 0.273 e. The van der Waals surface area contributed by atoms with Crippen LogP contribution in [-0.2, 0) is 0 Å². The molecule has 102 valence electrons. The molecular weight excluding hydrogens is 244 g/mol. The Morgan fingerprint density at radius 2 is 2.21 bits per heavy atom. The normalized spacial score (nSPS) is 19.3. The third-order valence-corrected chi connectivity index (χ3v) is 3.60. The lowest BCUT2D eigenvalue weighted by atomic mass is 9.99. The number of hydrogen-bond donors (Lipinski definition) is 0. The highest BCUT2D eigenvalue weighted by Gasteiger charge is 2.23. The van der Waals surface area contributed by atoms with Crippen LogP contribution < -0.4 is 0 Å². The van der Waals surface area contributed by atoms with Crippen LogP contribution in [0.4, 0.5) is 5.69 Å². The molecule has 0 aromatic heterocycles. The van der Waals surface area contributed by atoms with Crippen molar-refractivity contribution in [1.82, 2.24) is 4.90 Å². The van der Waals surface area contributed by atoms with Crippen LogP contribution in [0.25, 0.3) is 0 Å². The number of nitro benzene ring substituents is 1. The molecule has 1 heterocycles. The molecule has 0 aliphatic carbocycles. The molecule has 1 atom stereocenters. The molecule has 1 aromatic carbocycles. The molecule has 0 unspecified atom stereocenters. The van der Waals surface area contributed by atoms with Crippen molar-refractivity contribution in [2.75, 3.05) is 13.1 Å². The number of nitrogens with zero attached hydrogens (tertiary/aromatic N) is 2. The maximum absolute atomic E-state index is 12.3. The number of carbonyl (C=O) groups excluding carboxylic acids is 1. The Hall–Kier alpha value is -1.91. The van der Waals surface area contributed by atoms with Gasteiger partial charge in [0.05, 0.1) is 4.92 Å². The zero-order valence-electron chi connectivity index (χ0n) is 11.3. The second-order valence-electron chi connectivity index (χ2n) is 5.26. The number of aryl methyl sites for hydroxylation is 1. The Morgan fingerprint density at radius 1 is 1.47 bits per heavy atom. The zero-order valence-corrected chi connectivity index (χ0v) is 11.3. The smallest absolute Gasteiger partial charge is 0.273 e. The highest BCUT2D eigenvalue weighted by atomic mass is 16.6. The molecule has 1 amide bonds. The van der Waals surface area contributed by atoms with Gasteiger partial charge in [-0.1, -0.05) is 13.0 Å². The minimum absolute atomic E-state index is 0.0101. The summed E-state index contributed by atoms with van der Waals surface area (Å²) in [6.07, 6.45) is 2.14. The Morgan fingerprint density at radius 3 is 2.84 bits per heavy atom. The van der Waals surface area contributed by atoms with Gasteiger partial charge in [-0.25, -0.2) is 0 Å². The van der Waals surface area contributed by atoms with Gasteiger partial charge in [0.15, 0.2) is 0 Å². The van der Waals surface area contributed by atoms with E-state index >= 15 is 0 Å². The molecule has 0 bridgehead atoms. The second-order valence-corrected chi connectivity index (χ2v) is 5.26. The summed E-state index contributed by atoms with van der Waals surface area (Å²) in [4.78, 5) is 24.6. The summed E-state index contributed by atoms with van der Waals surface area (Å²) in [6.45, 7) is 5.28. The number of amides is 1. The predicted octanol–water partition coefficient (Wildman–Crippen LogP) is 2.78. The Labute approximate surface area is 112 Å². The molecule has 1 fully saturated rings. The van der Waals surface area contributed by atoms with Crippen LogP contribution in [0, 0.1) is 23.0 Å². The number of piperidine rings is 1. The van der Waals surface area contributed by atoms with Crippen LogP contribution in [0.1, 0.15) is 35.7 Å². The van der Waals surface area contributed by atoms with Crippen LogP contribution in [0.3, 0.4) is 0 Å². The van der Waals surface area contributed by atoms with E-state index in [0.717, 1.165) is 25.9 Å². The van der Waals surface area contributed by atoms with Crippen molar-refractivity contribution in [2.45, 2.75) is 26.7 Å². The Bertz CT molecular complexity index is 513. The van der Waals surface area contributed by atoms with Crippen molar-refractivity contribution < 1.29 is 9.72 Å². The molecule has 1 aromatic rings. The van der Waals surface area contributed by atoms with E-state index in [1.807, 2.05) is 0 Å². The van der Waals surface area contributed by atoms with Gasteiger partial charge in [0.1, 0.15) is 0 Å². The first kappa shape index (κ1) is 13.5. The van der Waals surface area contributed by atoms with Gasteiger partial charge in [-0.05, 0) is 31.7 Å². The third-order valence-electron chi connectivity index (χ3n) is 3.60. The zero-order chi connectivity index (χ0) is 14.0. The molecule has 0 saturated carbocycles. The highest BCUT2D eigenvalue weighted by Crippen LogP contribution is 2.22. The Balaban J connectivity index is 2.24. The van der Waals surface area contributed by atoms with Gasteiger partial charge in [0.2, 0.25) is 0 Å². The third kappa shape index (κ3) is 2.92. The summed E-state index contributed by atoms with van der Waals surface area (Å²) in [6, 6.07) is 4.69. The number of rotatable bonds is 2. The summed E-state index contributed by atoms with van der Waals surface area (Å²) in [5.41, 5.74) is 0.996. The van der Waals surface area contributed by atoms with Crippen molar-refractivity contribution >= 4 is 11.6 Å². The number of nitro groups is 1. The lowest BCUT2D eigenvalue weighted by molar-refractivity contribution is -0.385. The molecule has 0 spiro atoms. The first-order valence-electron chi connectivity index (χ1n) is 6.53. The van der Waals surface area contributed by atoms with Crippen LogP contribution in [0.15, 0.2) is 18.2 Å². The summed E-state index contributed by atoms with van der Waals surface area (Å²) in [7, 11) is 0. The first-order valence-corrected chi connectivity index (χ1v) is 6.53. The number of benzene rings is 1. The lowest BCUT2D eigenvalue weighted by Gasteiger charge is -2.31. The minimum Gasteiger partial charge on any atom is -0.338 e. The van der Waals surface area contributed by atoms with E-state index in [4.69, 9.17) is 0 Å². The minimum atomic E-state index is -0.440. The van der Waals surface area contributed by atoms with Gasteiger partial charge in [-0.15, -0.1) is 0 Å². The molecule has 5 nitrogen and oxygen atoms in total. The fraction of sp³-hybridized carbons (Fsp3) is 0.500. The van der Waals surface area contributed by atoms with Crippen molar-refractivity contribution in [3.8, 4) is 0 Å². The molecule has 1 saturated heterocycles. The molecule has 2 rings (SSSR count). The van der Waals surface area contributed by atoms with Gasteiger partial charge in [0.25, 0.3) is 11.6 Å². The fourth-order valence-electron chi connectivity index (χ4n) is 2.50. The average Bonchev–Trinajstić information content (AvgIpc) is 2.38. The summed E-state index contributed by atoms with van der Waals surface area (Å²) in [5.74, 6) is 0.396. The molecular formula is C14H18N2O3. The van der Waals surface area contributed by atoms with E-state index in [-0.39, 0.29) is 11.6 Å². The molecule has 0 N–H and O–H groups in total. The van der Waals surface area contributed by atoms with Gasteiger partial charge < -0.3 is 4.90 Å². The van der Waals surface area contributed by atoms with Crippen molar-refractivity contribution in [2.24, 2.45) is 5.92 Å². The van der Waals surface area contributed by atoms with Gasteiger partial charge >= 0.3 is 0 Å². The van der Waals surface area contributed by atoms with Crippen molar-refractivity contribution in [3.63, 3.8) is 0 Å². The number of carbonyl (C=O) groups is 1. The van der Waals surface area contributed by atoms with E-state index in [1.54, 1.807) is 24.0 Å². The van der Waals surface area contributed by atoms with E-state index in [0.29, 0.717) is 17.0 Å². The Kier molecular flexibility index (Phi) is 3.83. The van der Waals surface area contributed by atoms with E-state index in [2.05, 4.69) is 6.92 Å². The summed E-state index contributed by atoms with van der Waals surface area (Å²) < 4.78 is 0. The van der Waals surface area contributed by atoms with Gasteiger partial charge in [-0.2, -0.15) is 0 Å². The molecule has 1 aliphatic rings. The predicted molar refractivity (Wildman–Crippen MR) is 72.1 cm³/mol. The van der Waals surface area contributed by atoms with E-state index < -0.39 is 4.92 Å². The molecule has 19 heavy (non-hydrogen) atoms. The molecule has 5 heteroatoms. The van der Waals surface area contributed by atoms with Crippen LogP contribution >= 0.6 is 0 Å². The number of hydrogen-bond acceptors (Lipinski definition) is 3. The second kappa shape index (κ2) is 5.38. The number of likely N-dealkylation sites (tertiary alicyclic amines) is 1. The SMILES string of the molecule is Cc1ccc(C(=O)N2CCC[C@@H](C)C2)cc1[N+](=O)[O-]. The van der Waals surface area contributed by atoms with Gasteiger partial charge in [0, 0.05) is 30.3 Å². The summed E-state index contributed by atoms with van der Waals surface area (Å²) >= 11 is 0. The van der Waals surface area contributed by atoms with Crippen LogP contribution in [-0.4, -0.2) is 28.8 Å². The fourth-order valence-corrected chi connectivity index (χ4v) is 2.50. The lowest BCUT2D eigenvalue weighted by Crippen LogP contribution is -2.39. The maximum atomic E-state index is 12.3. The largest absolute Gasteiger partial charge is 0.338 e. The van der Waals surface area contributed by atoms with E-state index in [9.17, 15) is 14.9 Å². The van der Waals surface area contributed by atoms with Gasteiger partial charge in [-0.3, -0.25) is 14.9 Å². The van der Waals surface area contributed by atoms with E-state index in [1.165, 1.54) is 6.07 Å². The quantitative estimate of drug-likeness (QED) is 0.608. The average molecular weight is 262 g/mol. The molecule has 0 radical (unpaired) electrons. The monoisotopic (exact) mass is 262 g/mol. The first-order chi connectivity index (χ1) is 8.99. The standard InChI is InChI=1S/C14H18N2O3/c1-10-4-3-7-15(9-10)14(17)12-6-5-11(2)13(8-12)16(18)19/h5-6,8,10H,3-4,7,9H2,1-2H3/t10-/m1/s1. The van der Waals surface area contributed by atoms with Crippen LogP contribution in [0.5, 0.6) is 0 Å². The van der Waals surface area contributed by atoms with Crippen LogP contribution in [0.2, 0.25) is 0 Å². The van der Waals surface area contributed by atoms with Crippen molar-refractivity contribution in [3.05, 3.63) is 39.4 Å².